The van der Waals surface area contributed by atoms with E-state index in [-0.39, 0.29) is 46.5 Å². The van der Waals surface area contributed by atoms with Gasteiger partial charge < -0.3 is 19.7 Å². The van der Waals surface area contributed by atoms with Crippen LogP contribution in [0.2, 0.25) is 0 Å². The second-order valence-corrected chi connectivity index (χ2v) is 7.26. The maximum Gasteiger partial charge on any atom is 0.273 e. The Morgan fingerprint density at radius 2 is 1.76 bits per heavy atom. The molecule has 0 spiro atoms. The Morgan fingerprint density at radius 3 is 2.32 bits per heavy atom. The highest BCUT2D eigenvalue weighted by molar-refractivity contribution is 5.92. The van der Waals surface area contributed by atoms with Gasteiger partial charge in [0, 0.05) is 30.6 Å². The van der Waals surface area contributed by atoms with E-state index in [1.165, 1.54) is 24.7 Å². The summed E-state index contributed by atoms with van der Waals surface area (Å²) in [4.78, 5) is 24.5. The highest BCUT2D eigenvalue weighted by atomic mass is 16.5. The second-order valence-electron chi connectivity index (χ2n) is 7.26. The number of hydrogen-bond donors (Lipinski definition) is 2. The number of nitrogens with one attached hydrogen (secondary N) is 2. The molecule has 2 heterocycles. The average molecular weight is 346 g/mol. The molecule has 0 unspecified atom stereocenters. The Morgan fingerprint density at radius 1 is 1.16 bits per heavy atom. The van der Waals surface area contributed by atoms with Crippen LogP contribution in [0.1, 0.15) is 48.2 Å². The molecule has 0 saturated heterocycles. The molecular formula is C17H22N4O4. The zero-order valence-corrected chi connectivity index (χ0v) is 14.5. The second kappa shape index (κ2) is 6.70. The van der Waals surface area contributed by atoms with Crippen LogP contribution < -0.4 is 10.6 Å². The fourth-order valence-electron chi connectivity index (χ4n) is 3.81. The molecule has 0 bridgehead atoms. The van der Waals surface area contributed by atoms with Gasteiger partial charge in [0.2, 0.25) is 0 Å². The summed E-state index contributed by atoms with van der Waals surface area (Å²) < 4.78 is 9.43. The zero-order chi connectivity index (χ0) is 18.0. The van der Waals surface area contributed by atoms with Gasteiger partial charge in [0.15, 0.2) is 11.4 Å². The first-order chi connectivity index (χ1) is 11.9. The van der Waals surface area contributed by atoms with Crippen molar-refractivity contribution in [2.45, 2.75) is 33.2 Å². The van der Waals surface area contributed by atoms with Crippen molar-refractivity contribution < 1.29 is 18.6 Å². The van der Waals surface area contributed by atoms with Crippen molar-refractivity contribution in [3.63, 3.8) is 0 Å². The lowest BCUT2D eigenvalue weighted by atomic mass is 9.80. The number of nitrogens with zero attached hydrogens (tertiary/aromatic N) is 2. The van der Waals surface area contributed by atoms with Crippen LogP contribution in [0.15, 0.2) is 33.7 Å². The molecule has 0 aliphatic heterocycles. The van der Waals surface area contributed by atoms with Gasteiger partial charge in [0.05, 0.1) is 0 Å². The molecule has 2 amide bonds. The summed E-state index contributed by atoms with van der Waals surface area (Å²) in [7, 11) is 0. The highest BCUT2D eigenvalue weighted by Gasteiger charge is 2.47. The molecule has 3 atom stereocenters. The van der Waals surface area contributed by atoms with E-state index >= 15 is 0 Å². The summed E-state index contributed by atoms with van der Waals surface area (Å²) in [6.07, 6.45) is 3.67. The molecule has 134 valence electrons. The lowest BCUT2D eigenvalue weighted by Crippen LogP contribution is -2.47. The molecule has 25 heavy (non-hydrogen) atoms. The molecule has 2 N–H and O–H groups in total. The van der Waals surface area contributed by atoms with Crippen LogP contribution in [0.3, 0.4) is 0 Å². The zero-order valence-electron chi connectivity index (χ0n) is 14.5. The van der Waals surface area contributed by atoms with Crippen molar-refractivity contribution in [3.05, 3.63) is 36.0 Å². The summed E-state index contributed by atoms with van der Waals surface area (Å²) in [5, 5.41) is 13.3. The summed E-state index contributed by atoms with van der Waals surface area (Å²) in [5.41, 5.74) is 0.465. The SMILES string of the molecule is C[C@@H]1CC(C)(C)[C@H](CNC(=O)c2ccon2)[C@H]1NC(=O)c1ccon1. The minimum absolute atomic E-state index is 0.0295. The lowest BCUT2D eigenvalue weighted by Gasteiger charge is -2.31. The highest BCUT2D eigenvalue weighted by Crippen LogP contribution is 2.45. The van der Waals surface area contributed by atoms with Crippen molar-refractivity contribution >= 4 is 11.8 Å². The molecule has 0 aromatic carbocycles. The van der Waals surface area contributed by atoms with E-state index in [0.29, 0.717) is 6.54 Å². The quantitative estimate of drug-likeness (QED) is 0.855. The van der Waals surface area contributed by atoms with E-state index in [2.05, 4.69) is 41.7 Å². The number of rotatable bonds is 5. The number of carbonyl (C=O) groups excluding carboxylic acids is 2. The van der Waals surface area contributed by atoms with Crippen LogP contribution in [0.4, 0.5) is 0 Å². The Labute approximate surface area is 145 Å². The van der Waals surface area contributed by atoms with Crippen LogP contribution in [0, 0.1) is 17.3 Å². The average Bonchev–Trinajstić information content (AvgIpc) is 3.27. The van der Waals surface area contributed by atoms with Crippen molar-refractivity contribution in [2.24, 2.45) is 17.3 Å². The molecule has 1 aliphatic rings. The summed E-state index contributed by atoms with van der Waals surface area (Å²) >= 11 is 0. The van der Waals surface area contributed by atoms with Gasteiger partial charge in [-0.1, -0.05) is 31.1 Å². The molecular weight excluding hydrogens is 324 g/mol. The van der Waals surface area contributed by atoms with Crippen LogP contribution in [0.5, 0.6) is 0 Å². The monoisotopic (exact) mass is 346 g/mol. The molecule has 8 heteroatoms. The van der Waals surface area contributed by atoms with Gasteiger partial charge in [-0.2, -0.15) is 0 Å². The molecule has 1 saturated carbocycles. The van der Waals surface area contributed by atoms with Gasteiger partial charge >= 0.3 is 0 Å². The smallest absolute Gasteiger partial charge is 0.273 e. The predicted molar refractivity (Wildman–Crippen MR) is 87.6 cm³/mol. The fourth-order valence-corrected chi connectivity index (χ4v) is 3.81. The first-order valence-corrected chi connectivity index (χ1v) is 8.28. The Balaban J connectivity index is 1.69. The van der Waals surface area contributed by atoms with Gasteiger partial charge in [0.1, 0.15) is 12.5 Å². The van der Waals surface area contributed by atoms with Gasteiger partial charge in [-0.25, -0.2) is 0 Å². The van der Waals surface area contributed by atoms with Gasteiger partial charge in [-0.05, 0) is 17.8 Å². The minimum atomic E-state index is -0.286. The van der Waals surface area contributed by atoms with E-state index in [4.69, 9.17) is 9.05 Å². The van der Waals surface area contributed by atoms with Crippen LogP contribution in [-0.2, 0) is 0 Å². The lowest BCUT2D eigenvalue weighted by molar-refractivity contribution is 0.0885. The molecule has 8 nitrogen and oxygen atoms in total. The molecule has 3 rings (SSSR count). The third-order valence-electron chi connectivity index (χ3n) is 5.02. The van der Waals surface area contributed by atoms with Crippen molar-refractivity contribution in [2.75, 3.05) is 6.54 Å². The standard InChI is InChI=1S/C17H22N4O4/c1-10-8-17(2,3)11(9-18-15(22)12-4-6-24-20-12)14(10)19-16(23)13-5-7-25-21-13/h4-7,10-11,14H,8-9H2,1-3H3,(H,18,22)(H,19,23)/t10-,11-,14+/m1/s1. The first-order valence-electron chi connectivity index (χ1n) is 8.28. The summed E-state index contributed by atoms with van der Waals surface area (Å²) in [6.45, 7) is 6.85. The maximum atomic E-state index is 12.3. The van der Waals surface area contributed by atoms with Crippen molar-refractivity contribution in [1.29, 1.82) is 0 Å². The molecule has 1 fully saturated rings. The third-order valence-corrected chi connectivity index (χ3v) is 5.02. The Hall–Kier alpha value is -2.64. The molecule has 1 aliphatic carbocycles. The minimum Gasteiger partial charge on any atom is -0.364 e. The Kier molecular flexibility index (Phi) is 4.61. The van der Waals surface area contributed by atoms with Crippen molar-refractivity contribution in [1.82, 2.24) is 20.9 Å². The van der Waals surface area contributed by atoms with Crippen molar-refractivity contribution in [3.8, 4) is 0 Å². The van der Waals surface area contributed by atoms with E-state index in [1.54, 1.807) is 0 Å². The number of carbonyl (C=O) groups is 2. The van der Waals surface area contributed by atoms with E-state index in [1.807, 2.05) is 0 Å². The first kappa shape index (κ1) is 17.2. The van der Waals surface area contributed by atoms with E-state index < -0.39 is 0 Å². The summed E-state index contributed by atoms with van der Waals surface area (Å²) in [6, 6.07) is 2.97. The summed E-state index contributed by atoms with van der Waals surface area (Å²) in [5.74, 6) is -0.198. The number of amides is 2. The topological polar surface area (TPSA) is 110 Å². The molecule has 2 aromatic heterocycles. The van der Waals surface area contributed by atoms with Gasteiger partial charge in [-0.3, -0.25) is 9.59 Å². The normalized spacial score (nSPS) is 24.8. The molecule has 0 radical (unpaired) electrons. The van der Waals surface area contributed by atoms with Crippen LogP contribution in [-0.4, -0.2) is 34.7 Å². The third kappa shape index (κ3) is 3.57. The maximum absolute atomic E-state index is 12.3. The number of hydrogen-bond acceptors (Lipinski definition) is 6. The van der Waals surface area contributed by atoms with E-state index in [0.717, 1.165) is 6.42 Å². The number of aromatic nitrogens is 2. The molecule has 2 aromatic rings. The van der Waals surface area contributed by atoms with Gasteiger partial charge in [0.25, 0.3) is 11.8 Å². The Bertz CT molecular complexity index is 724. The van der Waals surface area contributed by atoms with Gasteiger partial charge in [-0.15, -0.1) is 0 Å². The predicted octanol–water partition coefficient (Wildman–Crippen LogP) is 1.87. The van der Waals surface area contributed by atoms with E-state index in [9.17, 15) is 9.59 Å². The van der Waals surface area contributed by atoms with Crippen LogP contribution in [0.25, 0.3) is 0 Å². The largest absolute Gasteiger partial charge is 0.364 e. The fraction of sp³-hybridized carbons (Fsp3) is 0.529. The van der Waals surface area contributed by atoms with Crippen LogP contribution >= 0.6 is 0 Å².